The summed E-state index contributed by atoms with van der Waals surface area (Å²) < 4.78 is 0.676. The molecule has 0 saturated carbocycles. The van der Waals surface area contributed by atoms with Gasteiger partial charge in [-0.3, -0.25) is 14.9 Å². The first-order chi connectivity index (χ1) is 7.08. The molecule has 0 aliphatic carbocycles. The van der Waals surface area contributed by atoms with Gasteiger partial charge in [0.25, 0.3) is 5.91 Å². The first-order valence-electron chi connectivity index (χ1n) is 4.36. The maximum absolute atomic E-state index is 11.4. The molecule has 2 heterocycles. The second-order valence-electron chi connectivity index (χ2n) is 3.30. The van der Waals surface area contributed by atoms with Crippen molar-refractivity contribution in [2.24, 2.45) is 0 Å². The molecule has 1 aliphatic heterocycles. The summed E-state index contributed by atoms with van der Waals surface area (Å²) in [6.07, 6.45) is 0.165. The third kappa shape index (κ3) is 1.96. The number of thiophene rings is 1. The molecule has 1 aliphatic rings. The molecule has 5 heteroatoms. The monoisotopic (exact) mass is 241 g/mol. The van der Waals surface area contributed by atoms with Gasteiger partial charge in [0, 0.05) is 5.57 Å². The van der Waals surface area contributed by atoms with Crippen LogP contribution in [0.15, 0.2) is 17.0 Å². The number of nitrogens with one attached hydrogen (secondary N) is 1. The van der Waals surface area contributed by atoms with Crippen LogP contribution in [0, 0.1) is 0 Å². The molecule has 3 nitrogen and oxygen atoms in total. The van der Waals surface area contributed by atoms with Gasteiger partial charge < -0.3 is 0 Å². The predicted molar refractivity (Wildman–Crippen MR) is 59.7 cm³/mol. The molecule has 1 saturated heterocycles. The van der Waals surface area contributed by atoms with Crippen LogP contribution in [0.1, 0.15) is 18.9 Å². The van der Waals surface area contributed by atoms with Gasteiger partial charge >= 0.3 is 0 Å². The maximum atomic E-state index is 11.4. The third-order valence-electron chi connectivity index (χ3n) is 2.32. The lowest BCUT2D eigenvalue weighted by Gasteiger charge is -1.99. The van der Waals surface area contributed by atoms with Crippen molar-refractivity contribution in [3.8, 4) is 0 Å². The Morgan fingerprint density at radius 1 is 1.53 bits per heavy atom. The van der Waals surface area contributed by atoms with Crippen molar-refractivity contribution in [2.75, 3.05) is 0 Å². The summed E-state index contributed by atoms with van der Waals surface area (Å²) in [5, 5.41) is 4.13. The first kappa shape index (κ1) is 10.4. The number of hydrogen-bond donors (Lipinski definition) is 1. The van der Waals surface area contributed by atoms with Crippen molar-refractivity contribution in [2.45, 2.75) is 13.3 Å². The summed E-state index contributed by atoms with van der Waals surface area (Å²) in [6, 6.07) is 1.80. The van der Waals surface area contributed by atoms with Crippen molar-refractivity contribution < 1.29 is 9.59 Å². The van der Waals surface area contributed by atoms with Crippen LogP contribution in [0.25, 0.3) is 5.57 Å². The van der Waals surface area contributed by atoms with E-state index in [1.165, 1.54) is 11.3 Å². The molecule has 78 valence electrons. The summed E-state index contributed by atoms with van der Waals surface area (Å²) in [6.45, 7) is 1.83. The minimum absolute atomic E-state index is 0.165. The van der Waals surface area contributed by atoms with E-state index in [0.717, 1.165) is 11.1 Å². The van der Waals surface area contributed by atoms with E-state index in [2.05, 4.69) is 5.32 Å². The van der Waals surface area contributed by atoms with E-state index in [9.17, 15) is 9.59 Å². The van der Waals surface area contributed by atoms with Gasteiger partial charge in [0.15, 0.2) is 0 Å². The molecule has 1 aromatic heterocycles. The number of imide groups is 1. The summed E-state index contributed by atoms with van der Waals surface area (Å²) in [5.41, 5.74) is 2.26. The Morgan fingerprint density at radius 3 is 2.73 bits per heavy atom. The van der Waals surface area contributed by atoms with Crippen LogP contribution >= 0.6 is 22.9 Å². The van der Waals surface area contributed by atoms with Crippen molar-refractivity contribution >= 4 is 40.3 Å². The number of carbonyl (C=O) groups is 2. The Hall–Kier alpha value is -1.13. The Kier molecular flexibility index (Phi) is 2.63. The lowest BCUT2D eigenvalue weighted by molar-refractivity contribution is -0.124. The highest BCUT2D eigenvalue weighted by molar-refractivity contribution is 7.14. The molecule has 0 spiro atoms. The van der Waals surface area contributed by atoms with Crippen molar-refractivity contribution in [1.29, 1.82) is 0 Å². The Bertz CT molecular complexity index is 476. The molecule has 15 heavy (non-hydrogen) atoms. The fourth-order valence-electron chi connectivity index (χ4n) is 1.47. The molecule has 1 N–H and O–H groups in total. The fraction of sp³-hybridized carbons (Fsp3) is 0.200. The molecule has 0 atom stereocenters. The van der Waals surface area contributed by atoms with E-state index >= 15 is 0 Å². The summed E-state index contributed by atoms with van der Waals surface area (Å²) in [4.78, 5) is 22.4. The van der Waals surface area contributed by atoms with Gasteiger partial charge in [-0.2, -0.15) is 0 Å². The Balaban J connectivity index is 2.41. The SMILES string of the molecule is CC(=C1CC(=O)NC1=O)c1csc(Cl)c1. The molecular weight excluding hydrogens is 234 g/mol. The summed E-state index contributed by atoms with van der Waals surface area (Å²) in [5.74, 6) is -0.532. The molecule has 0 aromatic carbocycles. The molecule has 1 fully saturated rings. The minimum atomic E-state index is -0.292. The first-order valence-corrected chi connectivity index (χ1v) is 5.62. The second kappa shape index (κ2) is 3.79. The standard InChI is InChI=1S/C10H8ClNO2S/c1-5(6-2-8(11)15-4-6)7-3-9(13)12-10(7)14/h2,4H,3H2,1H3,(H,12,13,14). The zero-order valence-corrected chi connectivity index (χ0v) is 9.54. The van der Waals surface area contributed by atoms with Gasteiger partial charge in [-0.05, 0) is 29.5 Å². The maximum Gasteiger partial charge on any atom is 0.254 e. The zero-order valence-electron chi connectivity index (χ0n) is 7.96. The zero-order chi connectivity index (χ0) is 11.0. The van der Waals surface area contributed by atoms with E-state index in [0.29, 0.717) is 9.91 Å². The second-order valence-corrected chi connectivity index (χ2v) is 4.84. The average molecular weight is 242 g/mol. The quantitative estimate of drug-likeness (QED) is 0.605. The van der Waals surface area contributed by atoms with Crippen LogP contribution in [0.5, 0.6) is 0 Å². The van der Waals surface area contributed by atoms with Crippen LogP contribution < -0.4 is 5.32 Å². The summed E-state index contributed by atoms with van der Waals surface area (Å²) >= 11 is 7.21. The van der Waals surface area contributed by atoms with E-state index in [1.807, 2.05) is 12.3 Å². The third-order valence-corrected chi connectivity index (χ3v) is 3.41. The van der Waals surface area contributed by atoms with Crippen LogP contribution in [-0.4, -0.2) is 11.8 Å². The molecule has 2 rings (SSSR count). The highest BCUT2D eigenvalue weighted by Gasteiger charge is 2.26. The van der Waals surface area contributed by atoms with Crippen LogP contribution in [0.2, 0.25) is 4.34 Å². The van der Waals surface area contributed by atoms with Crippen molar-refractivity contribution in [3.05, 3.63) is 26.9 Å². The van der Waals surface area contributed by atoms with Gasteiger partial charge in [0.05, 0.1) is 10.8 Å². The number of carbonyl (C=O) groups excluding carboxylic acids is 2. The van der Waals surface area contributed by atoms with Crippen LogP contribution in [0.3, 0.4) is 0 Å². The normalized spacial score (nSPS) is 19.3. The topological polar surface area (TPSA) is 46.2 Å². The van der Waals surface area contributed by atoms with E-state index in [4.69, 9.17) is 11.6 Å². The van der Waals surface area contributed by atoms with Crippen molar-refractivity contribution in [3.63, 3.8) is 0 Å². The highest BCUT2D eigenvalue weighted by atomic mass is 35.5. The van der Waals surface area contributed by atoms with Crippen LogP contribution in [-0.2, 0) is 9.59 Å². The Morgan fingerprint density at radius 2 is 2.27 bits per heavy atom. The largest absolute Gasteiger partial charge is 0.292 e. The smallest absolute Gasteiger partial charge is 0.254 e. The van der Waals surface area contributed by atoms with Crippen LogP contribution in [0.4, 0.5) is 0 Å². The number of rotatable bonds is 1. The lowest BCUT2D eigenvalue weighted by atomic mass is 10.0. The molecular formula is C10H8ClNO2S. The molecule has 2 amide bonds. The lowest BCUT2D eigenvalue weighted by Crippen LogP contribution is -2.19. The minimum Gasteiger partial charge on any atom is -0.292 e. The highest BCUT2D eigenvalue weighted by Crippen LogP contribution is 2.29. The van der Waals surface area contributed by atoms with Gasteiger partial charge in [0.1, 0.15) is 0 Å². The van der Waals surface area contributed by atoms with Gasteiger partial charge in [-0.1, -0.05) is 11.6 Å². The van der Waals surface area contributed by atoms with Gasteiger partial charge in [0.2, 0.25) is 5.91 Å². The van der Waals surface area contributed by atoms with E-state index in [-0.39, 0.29) is 18.2 Å². The van der Waals surface area contributed by atoms with Gasteiger partial charge in [-0.25, -0.2) is 0 Å². The molecule has 1 aromatic rings. The summed E-state index contributed by atoms with van der Waals surface area (Å²) in [7, 11) is 0. The number of halogens is 1. The van der Waals surface area contributed by atoms with Gasteiger partial charge in [-0.15, -0.1) is 11.3 Å². The molecule has 0 bridgehead atoms. The number of allylic oxidation sites excluding steroid dienone is 1. The Labute approximate surface area is 95.7 Å². The molecule has 0 radical (unpaired) electrons. The van der Waals surface area contributed by atoms with E-state index < -0.39 is 0 Å². The van der Waals surface area contributed by atoms with E-state index in [1.54, 1.807) is 6.07 Å². The average Bonchev–Trinajstić information content (AvgIpc) is 2.71. The van der Waals surface area contributed by atoms with Crippen molar-refractivity contribution in [1.82, 2.24) is 5.32 Å². The number of amides is 2. The number of hydrogen-bond acceptors (Lipinski definition) is 3. The predicted octanol–water partition coefficient (Wildman–Crippen LogP) is 2.22. The molecule has 0 unspecified atom stereocenters. The fourth-order valence-corrected chi connectivity index (χ4v) is 2.40.